The quantitative estimate of drug-likeness (QED) is 0.827. The highest BCUT2D eigenvalue weighted by atomic mass is 35.5. The number of rotatable bonds is 7. The third-order valence-corrected chi connectivity index (χ3v) is 4.42. The predicted molar refractivity (Wildman–Crippen MR) is 94.3 cm³/mol. The Kier molecular flexibility index (Phi) is 7.00. The van der Waals surface area contributed by atoms with Gasteiger partial charge in [-0.1, -0.05) is 25.4 Å². The highest BCUT2D eigenvalue weighted by molar-refractivity contribution is 6.30. The number of piperazine rings is 1. The zero-order valence-electron chi connectivity index (χ0n) is 14.1. The second kappa shape index (κ2) is 8.76. The summed E-state index contributed by atoms with van der Waals surface area (Å²) >= 11 is 6.32. The minimum atomic E-state index is 0.423. The minimum absolute atomic E-state index is 0.423. The molecule has 0 amide bonds. The Morgan fingerprint density at radius 3 is 2.64 bits per heavy atom. The van der Waals surface area contributed by atoms with Crippen LogP contribution in [0.2, 0.25) is 5.02 Å². The topological polar surface area (TPSA) is 24.5 Å². The van der Waals surface area contributed by atoms with Crippen LogP contribution in [0, 0.1) is 0 Å². The molecular weight excluding hydrogens is 296 g/mol. The molecule has 22 heavy (non-hydrogen) atoms. The molecule has 124 valence electrons. The summed E-state index contributed by atoms with van der Waals surface area (Å²) < 4.78 is 5.94. The molecule has 2 rings (SSSR count). The summed E-state index contributed by atoms with van der Waals surface area (Å²) in [4.78, 5) is 2.53. The van der Waals surface area contributed by atoms with Crippen molar-refractivity contribution in [2.75, 3.05) is 39.3 Å². The summed E-state index contributed by atoms with van der Waals surface area (Å²) in [7, 11) is 0. The fourth-order valence-corrected chi connectivity index (χ4v) is 3.29. The average Bonchev–Trinajstić information content (AvgIpc) is 2.50. The SMILES string of the molecule is CCOc1c(CCCN2CCNCC2)cc(Cl)cc1C(C)C. The lowest BCUT2D eigenvalue weighted by Gasteiger charge is -2.27. The van der Waals surface area contributed by atoms with Crippen molar-refractivity contribution in [2.24, 2.45) is 0 Å². The first-order chi connectivity index (χ1) is 10.6. The highest BCUT2D eigenvalue weighted by Gasteiger charge is 2.15. The van der Waals surface area contributed by atoms with Gasteiger partial charge in [-0.25, -0.2) is 0 Å². The van der Waals surface area contributed by atoms with E-state index in [0.29, 0.717) is 12.5 Å². The third-order valence-electron chi connectivity index (χ3n) is 4.20. The van der Waals surface area contributed by atoms with Crippen LogP contribution in [0.15, 0.2) is 12.1 Å². The van der Waals surface area contributed by atoms with Gasteiger partial charge < -0.3 is 15.0 Å². The van der Waals surface area contributed by atoms with Crippen LogP contribution in [0.5, 0.6) is 5.75 Å². The van der Waals surface area contributed by atoms with Crippen molar-refractivity contribution >= 4 is 11.6 Å². The van der Waals surface area contributed by atoms with Crippen LogP contribution in [0.1, 0.15) is 44.2 Å². The van der Waals surface area contributed by atoms with Gasteiger partial charge in [-0.05, 0) is 55.5 Å². The summed E-state index contributed by atoms with van der Waals surface area (Å²) in [6.07, 6.45) is 2.18. The lowest BCUT2D eigenvalue weighted by molar-refractivity contribution is 0.238. The molecule has 1 saturated heterocycles. The van der Waals surface area contributed by atoms with Gasteiger partial charge in [-0.15, -0.1) is 0 Å². The molecule has 0 unspecified atom stereocenters. The van der Waals surface area contributed by atoms with Crippen molar-refractivity contribution < 1.29 is 4.74 Å². The van der Waals surface area contributed by atoms with E-state index in [0.717, 1.165) is 56.3 Å². The Bertz CT molecular complexity index is 470. The molecule has 1 fully saturated rings. The maximum Gasteiger partial charge on any atom is 0.126 e. The molecule has 1 N–H and O–H groups in total. The van der Waals surface area contributed by atoms with E-state index in [9.17, 15) is 0 Å². The Labute approximate surface area is 140 Å². The van der Waals surface area contributed by atoms with Crippen LogP contribution < -0.4 is 10.1 Å². The monoisotopic (exact) mass is 324 g/mol. The molecular formula is C18H29ClN2O. The summed E-state index contributed by atoms with van der Waals surface area (Å²) in [5.41, 5.74) is 2.49. The van der Waals surface area contributed by atoms with Gasteiger partial charge in [-0.2, -0.15) is 0 Å². The molecule has 4 heteroatoms. The molecule has 1 aromatic carbocycles. The molecule has 0 saturated carbocycles. The first-order valence-corrected chi connectivity index (χ1v) is 8.87. The molecule has 0 bridgehead atoms. The van der Waals surface area contributed by atoms with Crippen molar-refractivity contribution in [1.29, 1.82) is 0 Å². The van der Waals surface area contributed by atoms with Gasteiger partial charge in [0.2, 0.25) is 0 Å². The van der Waals surface area contributed by atoms with Gasteiger partial charge in [-0.3, -0.25) is 0 Å². The summed E-state index contributed by atoms with van der Waals surface area (Å²) in [6, 6.07) is 4.13. The molecule has 0 radical (unpaired) electrons. The van der Waals surface area contributed by atoms with Crippen molar-refractivity contribution in [3.05, 3.63) is 28.3 Å². The van der Waals surface area contributed by atoms with Gasteiger partial charge in [0, 0.05) is 31.2 Å². The fraction of sp³-hybridized carbons (Fsp3) is 0.667. The average molecular weight is 325 g/mol. The number of halogens is 1. The van der Waals surface area contributed by atoms with Crippen LogP contribution in [-0.2, 0) is 6.42 Å². The lowest BCUT2D eigenvalue weighted by atomic mass is 9.97. The van der Waals surface area contributed by atoms with Crippen molar-refractivity contribution in [1.82, 2.24) is 10.2 Å². The number of nitrogens with one attached hydrogen (secondary N) is 1. The Morgan fingerprint density at radius 2 is 2.00 bits per heavy atom. The third kappa shape index (κ3) is 4.87. The number of aryl methyl sites for hydroxylation is 1. The Balaban J connectivity index is 2.04. The van der Waals surface area contributed by atoms with Gasteiger partial charge in [0.15, 0.2) is 0 Å². The first-order valence-electron chi connectivity index (χ1n) is 8.50. The lowest BCUT2D eigenvalue weighted by Crippen LogP contribution is -2.43. The Hall–Kier alpha value is -0.770. The van der Waals surface area contributed by atoms with Gasteiger partial charge >= 0.3 is 0 Å². The number of ether oxygens (including phenoxy) is 1. The molecule has 0 aliphatic carbocycles. The summed E-state index contributed by atoms with van der Waals surface area (Å²) in [6.45, 7) is 12.8. The number of nitrogens with zero attached hydrogens (tertiary/aromatic N) is 1. The van der Waals surface area contributed by atoms with Crippen LogP contribution in [0.3, 0.4) is 0 Å². The van der Waals surface area contributed by atoms with Crippen molar-refractivity contribution in [2.45, 2.75) is 39.5 Å². The largest absolute Gasteiger partial charge is 0.493 e. The minimum Gasteiger partial charge on any atom is -0.493 e. The Morgan fingerprint density at radius 1 is 1.27 bits per heavy atom. The molecule has 1 aromatic rings. The molecule has 0 aromatic heterocycles. The van der Waals surface area contributed by atoms with E-state index >= 15 is 0 Å². The second-order valence-corrected chi connectivity index (χ2v) is 6.70. The maximum absolute atomic E-state index is 6.32. The van der Waals surface area contributed by atoms with E-state index in [4.69, 9.17) is 16.3 Å². The van der Waals surface area contributed by atoms with E-state index in [2.05, 4.69) is 36.2 Å². The maximum atomic E-state index is 6.32. The standard InChI is InChI=1S/C18H29ClN2O/c1-4-22-18-15(12-16(19)13-17(18)14(2)3)6-5-9-21-10-7-20-8-11-21/h12-14,20H,4-11H2,1-3H3. The zero-order chi connectivity index (χ0) is 15.9. The van der Waals surface area contributed by atoms with Gasteiger partial charge in [0.1, 0.15) is 5.75 Å². The van der Waals surface area contributed by atoms with Crippen LogP contribution >= 0.6 is 11.6 Å². The number of hydrogen-bond acceptors (Lipinski definition) is 3. The summed E-state index contributed by atoms with van der Waals surface area (Å²) in [5, 5.41) is 4.22. The molecule has 0 atom stereocenters. The second-order valence-electron chi connectivity index (χ2n) is 6.27. The molecule has 1 aliphatic rings. The van der Waals surface area contributed by atoms with E-state index in [1.807, 2.05) is 6.92 Å². The number of benzene rings is 1. The van der Waals surface area contributed by atoms with E-state index in [1.54, 1.807) is 0 Å². The van der Waals surface area contributed by atoms with Crippen molar-refractivity contribution in [3.8, 4) is 5.75 Å². The van der Waals surface area contributed by atoms with E-state index in [1.165, 1.54) is 11.1 Å². The molecule has 1 heterocycles. The smallest absolute Gasteiger partial charge is 0.126 e. The van der Waals surface area contributed by atoms with Gasteiger partial charge in [0.25, 0.3) is 0 Å². The highest BCUT2D eigenvalue weighted by Crippen LogP contribution is 2.34. The van der Waals surface area contributed by atoms with Gasteiger partial charge in [0.05, 0.1) is 6.61 Å². The summed E-state index contributed by atoms with van der Waals surface area (Å²) in [5.74, 6) is 1.48. The first kappa shape index (κ1) is 17.6. The zero-order valence-corrected chi connectivity index (χ0v) is 14.9. The predicted octanol–water partition coefficient (Wildman–Crippen LogP) is 3.70. The fourth-order valence-electron chi connectivity index (χ4n) is 3.04. The molecule has 1 aliphatic heterocycles. The van der Waals surface area contributed by atoms with Crippen LogP contribution in [-0.4, -0.2) is 44.2 Å². The van der Waals surface area contributed by atoms with Crippen LogP contribution in [0.25, 0.3) is 0 Å². The van der Waals surface area contributed by atoms with E-state index < -0.39 is 0 Å². The van der Waals surface area contributed by atoms with Crippen LogP contribution in [0.4, 0.5) is 0 Å². The van der Waals surface area contributed by atoms with Crippen molar-refractivity contribution in [3.63, 3.8) is 0 Å². The molecule has 0 spiro atoms. The molecule has 3 nitrogen and oxygen atoms in total. The van der Waals surface area contributed by atoms with E-state index in [-0.39, 0.29) is 0 Å². The normalized spacial score (nSPS) is 16.2. The number of hydrogen-bond donors (Lipinski definition) is 1.